The van der Waals surface area contributed by atoms with E-state index in [4.69, 9.17) is 21.1 Å². The van der Waals surface area contributed by atoms with Crippen LogP contribution in [0.5, 0.6) is 11.5 Å². The van der Waals surface area contributed by atoms with Gasteiger partial charge in [-0.1, -0.05) is 11.6 Å². The number of halogens is 1. The predicted molar refractivity (Wildman–Crippen MR) is 117 cm³/mol. The molecule has 0 aliphatic rings. The van der Waals surface area contributed by atoms with Gasteiger partial charge < -0.3 is 20.1 Å². The van der Waals surface area contributed by atoms with Crippen molar-refractivity contribution in [2.45, 2.75) is 13.0 Å². The highest BCUT2D eigenvalue weighted by atomic mass is 35.5. The van der Waals surface area contributed by atoms with E-state index in [2.05, 4.69) is 10.6 Å². The molecule has 2 N–H and O–H groups in total. The van der Waals surface area contributed by atoms with Crippen LogP contribution in [0.15, 0.2) is 36.4 Å². The molecule has 0 spiro atoms. The molecule has 0 saturated heterocycles. The first-order chi connectivity index (χ1) is 14.7. The maximum absolute atomic E-state index is 12.6. The summed E-state index contributed by atoms with van der Waals surface area (Å²) in [6, 6.07) is 8.16. The summed E-state index contributed by atoms with van der Waals surface area (Å²) in [5.41, 5.74) is 0.136. The van der Waals surface area contributed by atoms with Gasteiger partial charge in [-0.25, -0.2) is 0 Å². The van der Waals surface area contributed by atoms with Crippen LogP contribution in [0, 0.1) is 10.1 Å². The minimum absolute atomic E-state index is 0.0316. The van der Waals surface area contributed by atoms with Gasteiger partial charge in [0.25, 0.3) is 5.69 Å². The fraction of sp³-hybridized carbons (Fsp3) is 0.300. The van der Waals surface area contributed by atoms with Gasteiger partial charge in [0, 0.05) is 5.02 Å². The smallest absolute Gasteiger partial charge is 0.296 e. The van der Waals surface area contributed by atoms with Gasteiger partial charge in [-0.3, -0.25) is 24.6 Å². The van der Waals surface area contributed by atoms with Crippen molar-refractivity contribution in [3.8, 4) is 11.5 Å². The van der Waals surface area contributed by atoms with E-state index in [0.29, 0.717) is 22.2 Å². The molecule has 2 aromatic rings. The van der Waals surface area contributed by atoms with Crippen LogP contribution in [-0.4, -0.2) is 55.5 Å². The Morgan fingerprint density at radius 2 is 1.84 bits per heavy atom. The number of nitrogens with zero attached hydrogens (tertiary/aromatic N) is 2. The Morgan fingerprint density at radius 3 is 2.45 bits per heavy atom. The third-order valence-corrected chi connectivity index (χ3v) is 4.76. The Balaban J connectivity index is 2.04. The Kier molecular flexibility index (Phi) is 8.17. The number of methoxy groups -OCH3 is 2. The quantitative estimate of drug-likeness (QED) is 0.444. The van der Waals surface area contributed by atoms with E-state index in [1.807, 2.05) is 0 Å². The van der Waals surface area contributed by atoms with Gasteiger partial charge >= 0.3 is 0 Å². The van der Waals surface area contributed by atoms with Crippen molar-refractivity contribution in [3.63, 3.8) is 0 Å². The molecule has 1 atom stereocenters. The number of rotatable bonds is 9. The monoisotopic (exact) mass is 450 g/mol. The number of nitro groups is 1. The van der Waals surface area contributed by atoms with Crippen molar-refractivity contribution >= 4 is 40.5 Å². The van der Waals surface area contributed by atoms with Gasteiger partial charge in [0.15, 0.2) is 0 Å². The molecule has 2 aromatic carbocycles. The molecule has 0 aliphatic carbocycles. The first-order valence-corrected chi connectivity index (χ1v) is 9.51. The van der Waals surface area contributed by atoms with Crippen LogP contribution < -0.4 is 20.1 Å². The summed E-state index contributed by atoms with van der Waals surface area (Å²) >= 11 is 5.96. The zero-order chi connectivity index (χ0) is 23.1. The minimum atomic E-state index is -0.756. The number of hydrogen-bond donors (Lipinski definition) is 2. The molecule has 0 fully saturated rings. The van der Waals surface area contributed by atoms with Crippen LogP contribution in [0.4, 0.5) is 17.1 Å². The van der Waals surface area contributed by atoms with Crippen LogP contribution in [0.25, 0.3) is 0 Å². The summed E-state index contributed by atoms with van der Waals surface area (Å²) in [4.78, 5) is 37.2. The summed E-state index contributed by atoms with van der Waals surface area (Å²) in [5, 5.41) is 16.9. The first-order valence-electron chi connectivity index (χ1n) is 9.13. The zero-order valence-corrected chi connectivity index (χ0v) is 18.2. The molecular formula is C20H23ClN4O6. The van der Waals surface area contributed by atoms with E-state index in [9.17, 15) is 19.7 Å². The Hall–Kier alpha value is -3.37. The molecule has 2 amide bonds. The van der Waals surface area contributed by atoms with Gasteiger partial charge in [0.1, 0.15) is 17.2 Å². The minimum Gasteiger partial charge on any atom is -0.496 e. The number of carbonyl (C=O) groups excluding carboxylic acids is 2. The van der Waals surface area contributed by atoms with Crippen LogP contribution in [-0.2, 0) is 9.59 Å². The third kappa shape index (κ3) is 6.30. The fourth-order valence-corrected chi connectivity index (χ4v) is 2.84. The molecule has 10 nitrogen and oxygen atoms in total. The van der Waals surface area contributed by atoms with Crippen molar-refractivity contribution in [2.24, 2.45) is 0 Å². The number of nitro benzene ring substituents is 1. The Bertz CT molecular complexity index is 984. The lowest BCUT2D eigenvalue weighted by Gasteiger charge is -2.23. The van der Waals surface area contributed by atoms with E-state index in [1.165, 1.54) is 37.3 Å². The van der Waals surface area contributed by atoms with Crippen LogP contribution in [0.1, 0.15) is 6.92 Å². The molecule has 0 heterocycles. The highest BCUT2D eigenvalue weighted by molar-refractivity contribution is 6.31. The molecule has 0 radical (unpaired) electrons. The molecule has 0 aromatic heterocycles. The molecular weight excluding hydrogens is 428 g/mol. The van der Waals surface area contributed by atoms with Gasteiger partial charge in [-0.2, -0.15) is 0 Å². The van der Waals surface area contributed by atoms with Crippen LogP contribution in [0.2, 0.25) is 5.02 Å². The lowest BCUT2D eigenvalue weighted by Crippen LogP contribution is -2.43. The van der Waals surface area contributed by atoms with Crippen molar-refractivity contribution in [1.82, 2.24) is 4.90 Å². The fourth-order valence-electron chi connectivity index (χ4n) is 2.66. The summed E-state index contributed by atoms with van der Waals surface area (Å²) in [7, 11) is 4.44. The largest absolute Gasteiger partial charge is 0.496 e. The number of likely N-dealkylation sites (N-methyl/N-ethyl adjacent to an activating group) is 1. The van der Waals surface area contributed by atoms with Crippen LogP contribution >= 0.6 is 11.6 Å². The molecule has 0 bridgehead atoms. The highest BCUT2D eigenvalue weighted by Gasteiger charge is 2.24. The van der Waals surface area contributed by atoms with Crippen molar-refractivity contribution < 1.29 is 24.0 Å². The SMILES string of the molecule is COc1ccc(NC(=O)C(C)N(C)CC(=O)Nc2cc(Cl)ccc2OC)c([N+](=O)[O-])c1. The molecule has 31 heavy (non-hydrogen) atoms. The van der Waals surface area contributed by atoms with Crippen molar-refractivity contribution in [1.29, 1.82) is 0 Å². The zero-order valence-electron chi connectivity index (χ0n) is 17.5. The molecule has 0 aliphatic heterocycles. The number of benzene rings is 2. The summed E-state index contributed by atoms with van der Waals surface area (Å²) < 4.78 is 10.2. The van der Waals surface area contributed by atoms with E-state index in [-0.39, 0.29) is 17.9 Å². The van der Waals surface area contributed by atoms with E-state index < -0.39 is 22.8 Å². The average molecular weight is 451 g/mol. The van der Waals surface area contributed by atoms with E-state index >= 15 is 0 Å². The van der Waals surface area contributed by atoms with Crippen molar-refractivity contribution in [2.75, 3.05) is 38.4 Å². The molecule has 2 rings (SSSR count). The topological polar surface area (TPSA) is 123 Å². The van der Waals surface area contributed by atoms with Gasteiger partial charge in [-0.05, 0) is 44.3 Å². The average Bonchev–Trinajstić information content (AvgIpc) is 2.73. The number of carbonyl (C=O) groups is 2. The predicted octanol–water partition coefficient (Wildman–Crippen LogP) is 3.16. The molecule has 11 heteroatoms. The molecule has 0 saturated carbocycles. The van der Waals surface area contributed by atoms with Gasteiger partial charge in [0.05, 0.1) is 43.5 Å². The maximum Gasteiger partial charge on any atom is 0.296 e. The number of amides is 2. The molecule has 1 unspecified atom stereocenters. The number of ether oxygens (including phenoxy) is 2. The summed E-state index contributed by atoms with van der Waals surface area (Å²) in [6.45, 7) is 1.47. The van der Waals surface area contributed by atoms with E-state index in [1.54, 1.807) is 32.2 Å². The second-order valence-electron chi connectivity index (χ2n) is 6.61. The molecule has 166 valence electrons. The third-order valence-electron chi connectivity index (χ3n) is 4.53. The van der Waals surface area contributed by atoms with E-state index in [0.717, 1.165) is 0 Å². The number of nitrogens with one attached hydrogen (secondary N) is 2. The number of hydrogen-bond acceptors (Lipinski definition) is 7. The summed E-state index contributed by atoms with van der Waals surface area (Å²) in [5.74, 6) is -0.164. The van der Waals surface area contributed by atoms with Crippen LogP contribution in [0.3, 0.4) is 0 Å². The van der Waals surface area contributed by atoms with Gasteiger partial charge in [-0.15, -0.1) is 0 Å². The maximum atomic E-state index is 12.6. The lowest BCUT2D eigenvalue weighted by atomic mass is 10.2. The normalized spacial score (nSPS) is 11.5. The van der Waals surface area contributed by atoms with Gasteiger partial charge in [0.2, 0.25) is 11.8 Å². The second-order valence-corrected chi connectivity index (χ2v) is 7.05. The lowest BCUT2D eigenvalue weighted by molar-refractivity contribution is -0.384. The Morgan fingerprint density at radius 1 is 1.13 bits per heavy atom. The number of anilines is 2. The second kappa shape index (κ2) is 10.6. The standard InChI is InChI=1S/C20H23ClN4O6/c1-12(20(27)23-15-7-6-14(30-3)10-17(15)25(28)29)24(2)11-19(26)22-16-9-13(21)5-8-18(16)31-4/h5-10,12H,11H2,1-4H3,(H,22,26)(H,23,27). The highest BCUT2D eigenvalue weighted by Crippen LogP contribution is 2.29. The summed E-state index contributed by atoms with van der Waals surface area (Å²) in [6.07, 6.45) is 0. The van der Waals surface area contributed by atoms with Crippen molar-refractivity contribution in [3.05, 3.63) is 51.5 Å². The Labute approximate surface area is 184 Å². The first kappa shape index (κ1) is 23.9.